The number of carbonyl (C=O) groups is 1. The van der Waals surface area contributed by atoms with Gasteiger partial charge >= 0.3 is 6.03 Å². The van der Waals surface area contributed by atoms with Crippen LogP contribution < -0.4 is 10.6 Å². The molecule has 0 unspecified atom stereocenters. The van der Waals surface area contributed by atoms with Crippen molar-refractivity contribution in [2.24, 2.45) is 0 Å². The van der Waals surface area contributed by atoms with Gasteiger partial charge in [-0.2, -0.15) is 0 Å². The lowest BCUT2D eigenvalue weighted by Crippen LogP contribution is -2.24. The van der Waals surface area contributed by atoms with Crippen LogP contribution in [-0.2, 0) is 0 Å². The molecule has 21 heavy (non-hydrogen) atoms. The molecule has 2 N–H and O–H groups in total. The number of anilines is 1. The average molecular weight is 301 g/mol. The van der Waals surface area contributed by atoms with Crippen LogP contribution in [0.15, 0.2) is 48.7 Å². The summed E-state index contributed by atoms with van der Waals surface area (Å²) in [5.41, 5.74) is 3.87. The third-order valence-electron chi connectivity index (χ3n) is 2.98. The molecule has 2 aromatic carbocycles. The highest BCUT2D eigenvalue weighted by atomic mass is 35.5. The second-order valence-electron chi connectivity index (χ2n) is 4.81. The molecular weight excluding hydrogens is 284 g/mol. The number of benzene rings is 2. The summed E-state index contributed by atoms with van der Waals surface area (Å²) in [4.78, 5) is 11.8. The Hall–Kier alpha value is -2.26. The van der Waals surface area contributed by atoms with Crippen LogP contribution in [0.1, 0.15) is 16.7 Å². The monoisotopic (exact) mass is 300 g/mol. The van der Waals surface area contributed by atoms with E-state index in [-0.39, 0.29) is 6.03 Å². The molecule has 0 saturated carbocycles. The Morgan fingerprint density at radius 2 is 1.95 bits per heavy atom. The van der Waals surface area contributed by atoms with Gasteiger partial charge in [-0.15, -0.1) is 0 Å². The van der Waals surface area contributed by atoms with Gasteiger partial charge in [0.05, 0.1) is 0 Å². The fourth-order valence-corrected chi connectivity index (χ4v) is 2.05. The van der Waals surface area contributed by atoms with Crippen molar-refractivity contribution in [3.05, 3.63) is 70.4 Å². The topological polar surface area (TPSA) is 41.1 Å². The normalized spacial score (nSPS) is 10.6. The van der Waals surface area contributed by atoms with Crippen molar-refractivity contribution >= 4 is 29.4 Å². The maximum Gasteiger partial charge on any atom is 0.323 e. The molecule has 0 aliphatic rings. The van der Waals surface area contributed by atoms with Crippen LogP contribution in [0.25, 0.3) is 6.08 Å². The van der Waals surface area contributed by atoms with E-state index < -0.39 is 0 Å². The summed E-state index contributed by atoms with van der Waals surface area (Å²) in [6.07, 6.45) is 3.46. The van der Waals surface area contributed by atoms with Crippen molar-refractivity contribution < 1.29 is 4.79 Å². The van der Waals surface area contributed by atoms with Crippen molar-refractivity contribution in [3.8, 4) is 0 Å². The number of halogens is 1. The molecule has 0 radical (unpaired) electrons. The van der Waals surface area contributed by atoms with E-state index in [0.29, 0.717) is 10.7 Å². The molecule has 2 aromatic rings. The fraction of sp³-hybridized carbons (Fsp3) is 0.118. The van der Waals surface area contributed by atoms with Crippen LogP contribution in [0.2, 0.25) is 5.02 Å². The average Bonchev–Trinajstić information content (AvgIpc) is 2.43. The Morgan fingerprint density at radius 3 is 2.71 bits per heavy atom. The Labute approximate surface area is 129 Å². The second-order valence-corrected chi connectivity index (χ2v) is 5.24. The number of nitrogens with one attached hydrogen (secondary N) is 2. The molecule has 0 heterocycles. The third-order valence-corrected chi connectivity index (χ3v) is 3.22. The highest BCUT2D eigenvalue weighted by molar-refractivity contribution is 6.31. The number of carbonyl (C=O) groups excluding carboxylic acids is 1. The molecule has 3 nitrogen and oxygen atoms in total. The predicted molar refractivity (Wildman–Crippen MR) is 88.6 cm³/mol. The van der Waals surface area contributed by atoms with E-state index in [1.54, 1.807) is 18.3 Å². The van der Waals surface area contributed by atoms with E-state index in [1.807, 2.05) is 50.3 Å². The van der Waals surface area contributed by atoms with E-state index in [2.05, 4.69) is 10.6 Å². The Kier molecular flexibility index (Phi) is 5.01. The minimum Gasteiger partial charge on any atom is -0.314 e. The van der Waals surface area contributed by atoms with Gasteiger partial charge in [-0.25, -0.2) is 4.79 Å². The summed E-state index contributed by atoms with van der Waals surface area (Å²) >= 11 is 5.91. The number of hydrogen-bond donors (Lipinski definition) is 2. The summed E-state index contributed by atoms with van der Waals surface area (Å²) in [7, 11) is 0. The largest absolute Gasteiger partial charge is 0.323 e. The first-order chi connectivity index (χ1) is 10.0. The lowest BCUT2D eigenvalue weighted by molar-refractivity contribution is 0.255. The molecule has 2 rings (SSSR count). The maximum absolute atomic E-state index is 11.8. The second kappa shape index (κ2) is 6.95. The molecule has 0 aliphatic heterocycles. The van der Waals surface area contributed by atoms with Crippen LogP contribution in [0.3, 0.4) is 0 Å². The van der Waals surface area contributed by atoms with Gasteiger partial charge in [-0.1, -0.05) is 47.5 Å². The van der Waals surface area contributed by atoms with Crippen molar-refractivity contribution in [2.45, 2.75) is 13.8 Å². The van der Waals surface area contributed by atoms with Crippen molar-refractivity contribution in [1.82, 2.24) is 5.32 Å². The number of amides is 2. The summed E-state index contributed by atoms with van der Waals surface area (Å²) in [6.45, 7) is 3.94. The molecular formula is C17H17ClN2O. The molecule has 0 spiro atoms. The van der Waals surface area contributed by atoms with Gasteiger partial charge in [0.1, 0.15) is 0 Å². The number of aryl methyl sites for hydroxylation is 2. The zero-order valence-corrected chi connectivity index (χ0v) is 12.7. The SMILES string of the molecule is Cc1cccc(/C=C/NC(=O)Nc2cc(Cl)ccc2C)c1. The standard InChI is InChI=1S/C17H17ClN2O/c1-12-4-3-5-14(10-12)8-9-19-17(21)20-16-11-15(18)7-6-13(16)2/h3-11H,1-2H3,(H2,19,20,21)/b9-8+. The van der Waals surface area contributed by atoms with E-state index in [1.165, 1.54) is 5.56 Å². The van der Waals surface area contributed by atoms with Crippen LogP contribution in [-0.4, -0.2) is 6.03 Å². The molecule has 0 aliphatic carbocycles. The maximum atomic E-state index is 11.8. The molecule has 0 saturated heterocycles. The van der Waals surface area contributed by atoms with Crippen LogP contribution in [0.5, 0.6) is 0 Å². The zero-order valence-electron chi connectivity index (χ0n) is 12.0. The Morgan fingerprint density at radius 1 is 1.14 bits per heavy atom. The molecule has 0 fully saturated rings. The van der Waals surface area contributed by atoms with Gasteiger partial charge in [-0.3, -0.25) is 0 Å². The molecule has 0 bridgehead atoms. The van der Waals surface area contributed by atoms with Crippen LogP contribution >= 0.6 is 11.6 Å². The number of urea groups is 1. The highest BCUT2D eigenvalue weighted by Crippen LogP contribution is 2.19. The molecule has 4 heteroatoms. The quantitative estimate of drug-likeness (QED) is 0.844. The first-order valence-electron chi connectivity index (χ1n) is 6.61. The van der Waals surface area contributed by atoms with E-state index in [4.69, 9.17) is 11.6 Å². The zero-order chi connectivity index (χ0) is 15.2. The van der Waals surface area contributed by atoms with Crippen molar-refractivity contribution in [3.63, 3.8) is 0 Å². The van der Waals surface area contributed by atoms with Gasteiger partial charge in [0.2, 0.25) is 0 Å². The van der Waals surface area contributed by atoms with Crippen LogP contribution in [0, 0.1) is 13.8 Å². The first kappa shape index (κ1) is 15.1. The smallest absolute Gasteiger partial charge is 0.314 e. The van der Waals surface area contributed by atoms with Gasteiger partial charge in [-0.05, 0) is 43.2 Å². The van der Waals surface area contributed by atoms with Gasteiger partial charge < -0.3 is 10.6 Å². The molecule has 2 amide bonds. The van der Waals surface area contributed by atoms with E-state index in [9.17, 15) is 4.79 Å². The van der Waals surface area contributed by atoms with Gasteiger partial charge in [0, 0.05) is 16.9 Å². The minimum atomic E-state index is -0.302. The number of rotatable bonds is 3. The fourth-order valence-electron chi connectivity index (χ4n) is 1.87. The van der Waals surface area contributed by atoms with E-state index in [0.717, 1.165) is 11.1 Å². The van der Waals surface area contributed by atoms with Crippen molar-refractivity contribution in [2.75, 3.05) is 5.32 Å². The summed E-state index contributed by atoms with van der Waals surface area (Å²) < 4.78 is 0. The van der Waals surface area contributed by atoms with Gasteiger partial charge in [0.25, 0.3) is 0 Å². The van der Waals surface area contributed by atoms with Crippen LogP contribution in [0.4, 0.5) is 10.5 Å². The molecule has 108 valence electrons. The predicted octanol–water partition coefficient (Wildman–Crippen LogP) is 4.75. The third kappa shape index (κ3) is 4.65. The Balaban J connectivity index is 1.94. The van der Waals surface area contributed by atoms with E-state index >= 15 is 0 Å². The summed E-state index contributed by atoms with van der Waals surface area (Å²) in [5.74, 6) is 0. The first-order valence-corrected chi connectivity index (χ1v) is 6.99. The highest BCUT2D eigenvalue weighted by Gasteiger charge is 2.03. The lowest BCUT2D eigenvalue weighted by Gasteiger charge is -2.08. The Bertz CT molecular complexity index is 680. The number of hydrogen-bond acceptors (Lipinski definition) is 1. The minimum absolute atomic E-state index is 0.302. The lowest BCUT2D eigenvalue weighted by atomic mass is 10.1. The summed E-state index contributed by atoms with van der Waals surface area (Å²) in [5, 5.41) is 6.02. The van der Waals surface area contributed by atoms with Crippen molar-refractivity contribution in [1.29, 1.82) is 0 Å². The molecule has 0 aromatic heterocycles. The molecule has 0 atom stereocenters. The summed E-state index contributed by atoms with van der Waals surface area (Å²) in [6, 6.07) is 13.1. The van der Waals surface area contributed by atoms with Gasteiger partial charge in [0.15, 0.2) is 0 Å².